The van der Waals surface area contributed by atoms with Gasteiger partial charge in [0.05, 0.1) is 0 Å². The zero-order valence-corrected chi connectivity index (χ0v) is 23.4. The minimum atomic E-state index is -0.389. The van der Waals surface area contributed by atoms with Gasteiger partial charge in [-0.05, 0) is 76.1 Å². The maximum Gasteiger partial charge on any atom is 0.127 e. The third kappa shape index (κ3) is 5.50. The molecule has 0 aliphatic rings. The molecule has 0 amide bonds. The van der Waals surface area contributed by atoms with E-state index in [1.165, 1.54) is 0 Å². The van der Waals surface area contributed by atoms with Crippen LogP contribution in [0.5, 0.6) is 23.0 Å². The van der Waals surface area contributed by atoms with E-state index in [4.69, 9.17) is 9.47 Å². The summed E-state index contributed by atoms with van der Waals surface area (Å²) in [6.45, 7) is 14.3. The second-order valence-corrected chi connectivity index (χ2v) is 10.8. The van der Waals surface area contributed by atoms with Gasteiger partial charge in [-0.3, -0.25) is 0 Å². The number of aromatic hydroxyl groups is 2. The number of rotatable bonds is 8. The molecule has 4 heteroatoms. The van der Waals surface area contributed by atoms with Gasteiger partial charge in [-0.25, -0.2) is 0 Å². The van der Waals surface area contributed by atoms with Gasteiger partial charge >= 0.3 is 0 Å². The van der Waals surface area contributed by atoms with Gasteiger partial charge < -0.3 is 19.7 Å². The van der Waals surface area contributed by atoms with E-state index in [2.05, 4.69) is 20.8 Å². The summed E-state index contributed by atoms with van der Waals surface area (Å²) in [6, 6.07) is 25.2. The lowest BCUT2D eigenvalue weighted by atomic mass is 9.82. The fourth-order valence-corrected chi connectivity index (χ4v) is 4.63. The molecule has 2 N–H and O–H groups in total. The summed E-state index contributed by atoms with van der Waals surface area (Å²) >= 11 is 0. The summed E-state index contributed by atoms with van der Waals surface area (Å²) in [7, 11) is 0. The molecular weight excluding hydrogens is 472 g/mol. The van der Waals surface area contributed by atoms with Crippen LogP contribution in [-0.4, -0.2) is 22.4 Å². The number of benzene rings is 4. The molecule has 0 aromatic heterocycles. The fourth-order valence-electron chi connectivity index (χ4n) is 4.63. The van der Waals surface area contributed by atoms with E-state index in [1.807, 2.05) is 100 Å². The molecule has 0 saturated carbocycles. The van der Waals surface area contributed by atoms with Crippen LogP contribution in [-0.2, 0) is 0 Å². The van der Waals surface area contributed by atoms with Gasteiger partial charge in [0.15, 0.2) is 0 Å². The lowest BCUT2D eigenvalue weighted by Gasteiger charge is -2.38. The summed E-state index contributed by atoms with van der Waals surface area (Å²) in [4.78, 5) is 0. The van der Waals surface area contributed by atoms with E-state index in [-0.39, 0.29) is 29.1 Å². The Balaban J connectivity index is 1.60. The van der Waals surface area contributed by atoms with E-state index in [0.717, 1.165) is 38.9 Å². The topological polar surface area (TPSA) is 58.9 Å². The Hall–Kier alpha value is -3.92. The molecular formula is C34H38O4. The normalized spacial score (nSPS) is 13.1. The highest BCUT2D eigenvalue weighted by Crippen LogP contribution is 2.42. The summed E-state index contributed by atoms with van der Waals surface area (Å²) in [5, 5.41) is 21.3. The van der Waals surface area contributed by atoms with Crippen molar-refractivity contribution < 1.29 is 19.7 Å². The first-order valence-corrected chi connectivity index (χ1v) is 13.1. The molecule has 4 aromatic carbocycles. The largest absolute Gasteiger partial charge is 0.507 e. The molecule has 4 nitrogen and oxygen atoms in total. The monoisotopic (exact) mass is 510 g/mol. The van der Waals surface area contributed by atoms with Crippen molar-refractivity contribution in [2.24, 2.45) is 5.41 Å². The molecule has 0 fully saturated rings. The number of phenolic OH excluding ortho intramolecular Hbond substituents is 2. The van der Waals surface area contributed by atoms with Gasteiger partial charge in [0.1, 0.15) is 35.2 Å². The van der Waals surface area contributed by atoms with Gasteiger partial charge in [0.25, 0.3) is 0 Å². The molecule has 0 radical (unpaired) electrons. The number of ether oxygens (including phenoxy) is 2. The van der Waals surface area contributed by atoms with Crippen LogP contribution in [0.3, 0.4) is 0 Å². The quantitative estimate of drug-likeness (QED) is 0.249. The third-order valence-electron chi connectivity index (χ3n) is 7.65. The van der Waals surface area contributed by atoms with Crippen molar-refractivity contribution in [2.75, 3.05) is 0 Å². The molecule has 198 valence electrons. The fraction of sp³-hybridized carbons (Fsp3) is 0.294. The summed E-state index contributed by atoms with van der Waals surface area (Å²) < 4.78 is 13.1. The molecule has 4 rings (SSSR count). The first-order valence-electron chi connectivity index (χ1n) is 13.1. The molecule has 4 aromatic rings. The Labute approximate surface area is 226 Å². The smallest absolute Gasteiger partial charge is 0.127 e. The minimum absolute atomic E-state index is 0.215. The second-order valence-electron chi connectivity index (χ2n) is 10.8. The maximum absolute atomic E-state index is 10.8. The van der Waals surface area contributed by atoms with Gasteiger partial charge in [0.2, 0.25) is 0 Å². The minimum Gasteiger partial charge on any atom is -0.507 e. The molecule has 0 saturated heterocycles. The SMILES string of the molecule is Cc1ccc(O)c(-c2ccccc2O[C@@H](C)C(C)(C)C(C)Oc2ccccc2-c2cc(C)cc(C)c2O)c1. The van der Waals surface area contributed by atoms with Crippen molar-refractivity contribution in [2.45, 2.75) is 60.7 Å². The van der Waals surface area contributed by atoms with Crippen molar-refractivity contribution in [3.8, 4) is 45.3 Å². The van der Waals surface area contributed by atoms with Crippen LogP contribution in [0.4, 0.5) is 0 Å². The van der Waals surface area contributed by atoms with E-state index in [1.54, 1.807) is 6.07 Å². The highest BCUT2D eigenvalue weighted by Gasteiger charge is 2.36. The molecule has 0 bridgehead atoms. The zero-order chi connectivity index (χ0) is 27.6. The Morgan fingerprint density at radius 1 is 0.605 bits per heavy atom. The molecule has 0 spiro atoms. The van der Waals surface area contributed by atoms with E-state index < -0.39 is 0 Å². The average Bonchev–Trinajstić information content (AvgIpc) is 2.88. The highest BCUT2D eigenvalue weighted by molar-refractivity contribution is 5.78. The Bertz CT molecular complexity index is 1440. The van der Waals surface area contributed by atoms with Crippen molar-refractivity contribution >= 4 is 0 Å². The van der Waals surface area contributed by atoms with Crippen molar-refractivity contribution in [3.05, 3.63) is 95.6 Å². The standard InChI is InChI=1S/C34H38O4/c1-21-16-17-30(35)28(19-21)26-12-8-10-14-31(26)37-24(4)34(6,7)25(5)38-32-15-11-9-13-27(32)29-20-22(2)18-23(3)33(29)36/h8-20,24-25,35-36H,1-7H3/t24-,25?/m0/s1. The third-order valence-corrected chi connectivity index (χ3v) is 7.65. The van der Waals surface area contributed by atoms with Crippen LogP contribution in [0.25, 0.3) is 22.3 Å². The van der Waals surface area contributed by atoms with Crippen molar-refractivity contribution in [1.82, 2.24) is 0 Å². The van der Waals surface area contributed by atoms with Gasteiger partial charge in [-0.15, -0.1) is 0 Å². The lowest BCUT2D eigenvalue weighted by Crippen LogP contribution is -2.43. The zero-order valence-electron chi connectivity index (χ0n) is 23.4. The summed E-state index contributed by atoms with van der Waals surface area (Å²) in [5.74, 6) is 1.92. The predicted molar refractivity (Wildman–Crippen MR) is 155 cm³/mol. The Morgan fingerprint density at radius 2 is 1.11 bits per heavy atom. The molecule has 1 unspecified atom stereocenters. The lowest BCUT2D eigenvalue weighted by molar-refractivity contribution is -0.00280. The summed E-state index contributed by atoms with van der Waals surface area (Å²) in [5.41, 5.74) is 5.81. The first-order chi connectivity index (χ1) is 18.0. The first kappa shape index (κ1) is 27.1. The predicted octanol–water partition coefficient (Wildman–Crippen LogP) is 8.62. The van der Waals surface area contributed by atoms with Crippen LogP contribution >= 0.6 is 0 Å². The number of hydrogen-bond acceptors (Lipinski definition) is 4. The van der Waals surface area contributed by atoms with Crippen LogP contribution in [0, 0.1) is 26.2 Å². The van der Waals surface area contributed by atoms with Gasteiger partial charge in [0, 0.05) is 27.7 Å². The number of aryl methyl sites for hydroxylation is 3. The summed E-state index contributed by atoms with van der Waals surface area (Å²) in [6.07, 6.45) is -0.432. The molecule has 2 atom stereocenters. The Morgan fingerprint density at radius 3 is 1.68 bits per heavy atom. The molecule has 0 aliphatic heterocycles. The van der Waals surface area contributed by atoms with Crippen molar-refractivity contribution in [3.63, 3.8) is 0 Å². The second kappa shape index (κ2) is 10.8. The van der Waals surface area contributed by atoms with E-state index >= 15 is 0 Å². The van der Waals surface area contributed by atoms with Crippen LogP contribution in [0.2, 0.25) is 0 Å². The van der Waals surface area contributed by atoms with Crippen LogP contribution in [0.1, 0.15) is 44.4 Å². The average molecular weight is 511 g/mol. The van der Waals surface area contributed by atoms with Gasteiger partial charge in [-0.1, -0.05) is 67.9 Å². The van der Waals surface area contributed by atoms with Crippen LogP contribution in [0.15, 0.2) is 78.9 Å². The number of phenols is 2. The molecule has 0 aliphatic carbocycles. The van der Waals surface area contributed by atoms with Crippen LogP contribution < -0.4 is 9.47 Å². The number of hydrogen-bond donors (Lipinski definition) is 2. The van der Waals surface area contributed by atoms with Gasteiger partial charge in [-0.2, -0.15) is 0 Å². The van der Waals surface area contributed by atoms with E-state index in [9.17, 15) is 10.2 Å². The molecule has 0 heterocycles. The van der Waals surface area contributed by atoms with E-state index in [0.29, 0.717) is 11.5 Å². The van der Waals surface area contributed by atoms with Crippen molar-refractivity contribution in [1.29, 1.82) is 0 Å². The maximum atomic E-state index is 10.8. The Kier molecular flexibility index (Phi) is 7.73. The number of para-hydroxylation sites is 2. The highest BCUT2D eigenvalue weighted by atomic mass is 16.5. The molecule has 38 heavy (non-hydrogen) atoms.